The molecule has 170 valence electrons. The first kappa shape index (κ1) is 22.1. The maximum absolute atomic E-state index is 12.5. The highest BCUT2D eigenvalue weighted by molar-refractivity contribution is 5.67. The first-order valence-electron chi connectivity index (χ1n) is 11.0. The van der Waals surface area contributed by atoms with Crippen LogP contribution in [0.4, 0.5) is 10.5 Å². The van der Waals surface area contributed by atoms with Gasteiger partial charge in [0.05, 0.1) is 18.6 Å². The molecule has 7 heteroatoms. The molecule has 1 spiro atoms. The van der Waals surface area contributed by atoms with Gasteiger partial charge in [0.2, 0.25) is 0 Å². The quantitative estimate of drug-likeness (QED) is 0.390. The van der Waals surface area contributed by atoms with Gasteiger partial charge in [-0.15, -0.1) is 0 Å². The molecule has 1 saturated carbocycles. The summed E-state index contributed by atoms with van der Waals surface area (Å²) >= 11 is 0. The molecule has 0 radical (unpaired) electrons. The molecule has 0 bridgehead atoms. The van der Waals surface area contributed by atoms with E-state index in [2.05, 4.69) is 32.2 Å². The second-order valence-electron chi connectivity index (χ2n) is 9.42. The molecule has 2 saturated heterocycles. The van der Waals surface area contributed by atoms with Crippen LogP contribution in [0.1, 0.15) is 45.6 Å². The fourth-order valence-corrected chi connectivity index (χ4v) is 5.06. The summed E-state index contributed by atoms with van der Waals surface area (Å²) in [5.41, 5.74) is 8.07. The molecule has 1 unspecified atom stereocenters. The number of carbonyl (C=O) groups excluding carboxylic acids is 1. The van der Waals surface area contributed by atoms with E-state index in [0.717, 1.165) is 18.4 Å². The van der Waals surface area contributed by atoms with Gasteiger partial charge in [0.15, 0.2) is 0 Å². The number of methoxy groups -OCH3 is 1. The Kier molecular flexibility index (Phi) is 6.03. The summed E-state index contributed by atoms with van der Waals surface area (Å²) in [5, 5.41) is 2.83. The van der Waals surface area contributed by atoms with Crippen LogP contribution in [0.25, 0.3) is 0 Å². The van der Waals surface area contributed by atoms with Gasteiger partial charge < -0.3 is 30.0 Å². The Labute approximate surface area is 184 Å². The van der Waals surface area contributed by atoms with Gasteiger partial charge in [0, 0.05) is 19.3 Å². The summed E-state index contributed by atoms with van der Waals surface area (Å²) in [6.45, 7) is 7.42. The van der Waals surface area contributed by atoms with Crippen molar-refractivity contribution in [1.29, 1.82) is 0 Å². The fourth-order valence-electron chi connectivity index (χ4n) is 5.06. The summed E-state index contributed by atoms with van der Waals surface area (Å²) in [6.07, 6.45) is 3.68. The predicted molar refractivity (Wildman–Crippen MR) is 117 cm³/mol. The third-order valence-electron chi connectivity index (χ3n) is 6.91. The van der Waals surface area contributed by atoms with Crippen molar-refractivity contribution in [3.05, 3.63) is 41.5 Å². The zero-order chi connectivity index (χ0) is 22.2. The Hall–Kier alpha value is -2.09. The highest BCUT2D eigenvalue weighted by Crippen LogP contribution is 2.59. The lowest BCUT2D eigenvalue weighted by atomic mass is 9.68. The van der Waals surface area contributed by atoms with E-state index in [4.69, 9.17) is 24.7 Å². The van der Waals surface area contributed by atoms with Crippen LogP contribution in [-0.4, -0.2) is 49.3 Å². The van der Waals surface area contributed by atoms with Gasteiger partial charge in [0.25, 0.3) is 0 Å². The molecular formula is C24H34N2O5. The summed E-state index contributed by atoms with van der Waals surface area (Å²) < 4.78 is 23.9. The second-order valence-corrected chi connectivity index (χ2v) is 9.42. The molecule has 3 aliphatic rings. The number of carbonyl (C=O) groups is 1. The highest BCUT2D eigenvalue weighted by Gasteiger charge is 2.72. The van der Waals surface area contributed by atoms with E-state index >= 15 is 0 Å². The molecule has 0 aromatic heterocycles. The molecule has 31 heavy (non-hydrogen) atoms. The van der Waals surface area contributed by atoms with Crippen molar-refractivity contribution in [2.75, 3.05) is 19.5 Å². The smallest absolute Gasteiger partial charge is 0.407 e. The van der Waals surface area contributed by atoms with E-state index in [-0.39, 0.29) is 35.4 Å². The zero-order valence-corrected chi connectivity index (χ0v) is 18.9. The van der Waals surface area contributed by atoms with E-state index in [0.29, 0.717) is 25.3 Å². The minimum Gasteiger partial charge on any atom is -0.443 e. The Morgan fingerprint density at radius 3 is 2.65 bits per heavy atom. The number of amides is 1. The van der Waals surface area contributed by atoms with E-state index in [9.17, 15) is 4.79 Å². The summed E-state index contributed by atoms with van der Waals surface area (Å²) in [5.74, 6) is 0.0178. The molecule has 1 aromatic rings. The molecule has 1 amide bonds. The van der Waals surface area contributed by atoms with Crippen molar-refractivity contribution in [2.45, 2.75) is 76.1 Å². The number of rotatable bonds is 7. The van der Waals surface area contributed by atoms with Gasteiger partial charge in [0.1, 0.15) is 23.4 Å². The van der Waals surface area contributed by atoms with Crippen LogP contribution in [0.2, 0.25) is 0 Å². The monoisotopic (exact) mass is 430 g/mol. The number of nitrogen functional groups attached to an aromatic ring is 1. The minimum absolute atomic E-state index is 0.0178. The average Bonchev–Trinajstić information content (AvgIpc) is 3.65. The van der Waals surface area contributed by atoms with Gasteiger partial charge >= 0.3 is 6.09 Å². The van der Waals surface area contributed by atoms with Crippen LogP contribution in [0, 0.1) is 5.92 Å². The van der Waals surface area contributed by atoms with Crippen molar-refractivity contribution < 1.29 is 23.7 Å². The lowest BCUT2D eigenvalue weighted by Crippen LogP contribution is -2.56. The number of hydrogen-bond acceptors (Lipinski definition) is 6. The summed E-state index contributed by atoms with van der Waals surface area (Å²) in [4.78, 5) is 12.5. The fraction of sp³-hybridized carbons (Fsp3) is 0.625. The number of hydrogen-bond donors (Lipinski definition) is 2. The third kappa shape index (κ3) is 4.59. The van der Waals surface area contributed by atoms with Gasteiger partial charge in [-0.1, -0.05) is 23.8 Å². The van der Waals surface area contributed by atoms with Crippen LogP contribution in [0.3, 0.4) is 0 Å². The molecule has 1 aliphatic carbocycles. The Balaban J connectivity index is 1.40. The molecule has 2 aliphatic heterocycles. The molecule has 6 atom stereocenters. The standard InChI is InChI=1S/C24H34N2O5/c1-15(2)5-10-19-23(3,31-19)21-20(28-4)18(11-12-24(21)14-29-24)30-22(27)26-13-16-6-8-17(25)9-7-16/h5-9,18-21H,10-14,25H2,1-4H3,(H,26,27)/t18-,19-,20-,21-,23?,24+/m1/s1. The number of nitrogens with two attached hydrogens (primary N) is 1. The van der Waals surface area contributed by atoms with Crippen LogP contribution < -0.4 is 11.1 Å². The van der Waals surface area contributed by atoms with Crippen molar-refractivity contribution >= 4 is 11.8 Å². The largest absolute Gasteiger partial charge is 0.443 e. The number of allylic oxidation sites excluding steroid dienone is 1. The Morgan fingerprint density at radius 2 is 2.03 bits per heavy atom. The number of nitrogens with one attached hydrogen (secondary N) is 1. The molecule has 7 nitrogen and oxygen atoms in total. The van der Waals surface area contributed by atoms with Crippen LogP contribution in [0.5, 0.6) is 0 Å². The summed E-state index contributed by atoms with van der Waals surface area (Å²) in [7, 11) is 1.68. The maximum Gasteiger partial charge on any atom is 0.407 e. The topological polar surface area (TPSA) is 98.6 Å². The van der Waals surface area contributed by atoms with Crippen molar-refractivity contribution in [3.63, 3.8) is 0 Å². The van der Waals surface area contributed by atoms with E-state index < -0.39 is 6.09 Å². The number of epoxide rings is 2. The normalized spacial score (nSPS) is 36.0. The lowest BCUT2D eigenvalue weighted by Gasteiger charge is -2.42. The van der Waals surface area contributed by atoms with Crippen molar-refractivity contribution in [3.8, 4) is 0 Å². The molecule has 1 aromatic carbocycles. The SMILES string of the molecule is CO[C@H]1[C@H](C2(C)O[C@@H]2CC=C(C)C)[C@]2(CC[C@H]1OC(=O)NCc1ccc(N)cc1)CO2. The van der Waals surface area contributed by atoms with E-state index in [1.165, 1.54) is 5.57 Å². The zero-order valence-electron chi connectivity index (χ0n) is 18.9. The lowest BCUT2D eigenvalue weighted by molar-refractivity contribution is -0.118. The van der Waals surface area contributed by atoms with Gasteiger partial charge in [-0.25, -0.2) is 4.79 Å². The van der Waals surface area contributed by atoms with Crippen LogP contribution in [-0.2, 0) is 25.5 Å². The highest BCUT2D eigenvalue weighted by atomic mass is 16.6. The van der Waals surface area contributed by atoms with Crippen molar-refractivity contribution in [2.24, 2.45) is 5.92 Å². The maximum atomic E-state index is 12.5. The number of ether oxygens (including phenoxy) is 4. The third-order valence-corrected chi connectivity index (χ3v) is 6.91. The number of anilines is 1. The number of alkyl carbamates (subject to hydrolysis) is 1. The molecule has 3 fully saturated rings. The molecule has 3 N–H and O–H groups in total. The minimum atomic E-state index is -0.446. The number of benzene rings is 1. The van der Waals surface area contributed by atoms with E-state index in [1.54, 1.807) is 7.11 Å². The van der Waals surface area contributed by atoms with Gasteiger partial charge in [-0.05, 0) is 57.7 Å². The summed E-state index contributed by atoms with van der Waals surface area (Å²) in [6, 6.07) is 7.39. The molecule has 4 rings (SSSR count). The Morgan fingerprint density at radius 1 is 1.32 bits per heavy atom. The first-order valence-corrected chi connectivity index (χ1v) is 11.0. The van der Waals surface area contributed by atoms with Crippen LogP contribution >= 0.6 is 0 Å². The first-order chi connectivity index (χ1) is 14.8. The van der Waals surface area contributed by atoms with Gasteiger partial charge in [-0.2, -0.15) is 0 Å². The predicted octanol–water partition coefficient (Wildman–Crippen LogP) is 3.57. The van der Waals surface area contributed by atoms with E-state index in [1.807, 2.05) is 24.3 Å². The van der Waals surface area contributed by atoms with Crippen molar-refractivity contribution in [1.82, 2.24) is 5.32 Å². The average molecular weight is 431 g/mol. The molecular weight excluding hydrogens is 396 g/mol. The second kappa shape index (κ2) is 8.45. The Bertz CT molecular complexity index is 831. The van der Waals surface area contributed by atoms with Gasteiger partial charge in [-0.3, -0.25) is 0 Å². The molecule has 2 heterocycles. The van der Waals surface area contributed by atoms with Crippen LogP contribution in [0.15, 0.2) is 35.9 Å².